The fraction of sp³-hybridized carbons (Fsp3) is 0. The van der Waals surface area contributed by atoms with E-state index in [1.165, 1.54) is 55.6 Å². The van der Waals surface area contributed by atoms with Crippen LogP contribution in [0.2, 0.25) is 0 Å². The molecule has 0 saturated carbocycles. The molecule has 3 radical (unpaired) electrons. The third kappa shape index (κ3) is 4.35. The maximum atomic E-state index is 4.23. The SMILES string of the molecule is [Si]c1c(-c2ccccc2)c(-c2ccccc2)c(-c2ccccc2)c(-c2ccccc2)c1-c1ccccc1. The summed E-state index contributed by atoms with van der Waals surface area (Å²) in [4.78, 5) is 0. The number of hydrogen-bond donors (Lipinski definition) is 0. The highest BCUT2D eigenvalue weighted by Crippen LogP contribution is 2.48. The van der Waals surface area contributed by atoms with Crippen LogP contribution in [0.15, 0.2) is 152 Å². The van der Waals surface area contributed by atoms with Gasteiger partial charge in [-0.1, -0.05) is 157 Å². The summed E-state index contributed by atoms with van der Waals surface area (Å²) in [5.41, 5.74) is 12.0. The molecule has 0 saturated heterocycles. The van der Waals surface area contributed by atoms with Crippen molar-refractivity contribution in [3.63, 3.8) is 0 Å². The first-order chi connectivity index (χ1) is 18.3. The summed E-state index contributed by atoms with van der Waals surface area (Å²) < 4.78 is 0. The molecule has 6 aromatic rings. The summed E-state index contributed by atoms with van der Waals surface area (Å²) >= 11 is 0. The van der Waals surface area contributed by atoms with Crippen molar-refractivity contribution in [2.45, 2.75) is 0 Å². The van der Waals surface area contributed by atoms with Gasteiger partial charge in [0.25, 0.3) is 0 Å². The maximum Gasteiger partial charge on any atom is 0.0730 e. The molecule has 0 N–H and O–H groups in total. The Morgan fingerprint density at radius 2 is 0.432 bits per heavy atom. The van der Waals surface area contributed by atoms with E-state index in [2.05, 4.69) is 162 Å². The van der Waals surface area contributed by atoms with Gasteiger partial charge in [-0.2, -0.15) is 0 Å². The zero-order valence-corrected chi connectivity index (χ0v) is 21.4. The van der Waals surface area contributed by atoms with E-state index >= 15 is 0 Å². The predicted molar refractivity (Wildman–Crippen MR) is 159 cm³/mol. The Balaban J connectivity index is 1.89. The number of rotatable bonds is 5. The van der Waals surface area contributed by atoms with Gasteiger partial charge < -0.3 is 0 Å². The summed E-state index contributed by atoms with van der Waals surface area (Å²) in [6.45, 7) is 0. The first-order valence-corrected chi connectivity index (χ1v) is 13.1. The van der Waals surface area contributed by atoms with Gasteiger partial charge in [-0.15, -0.1) is 0 Å². The molecule has 0 aromatic heterocycles. The molecule has 0 aliphatic rings. The largest absolute Gasteiger partial charge is 0.0730 e. The van der Waals surface area contributed by atoms with Crippen LogP contribution in [0.1, 0.15) is 0 Å². The Hall–Kier alpha value is -4.46. The zero-order chi connectivity index (χ0) is 25.0. The van der Waals surface area contributed by atoms with Gasteiger partial charge in [-0.05, 0) is 55.6 Å². The average molecular weight is 486 g/mol. The van der Waals surface area contributed by atoms with Crippen LogP contribution in [0.4, 0.5) is 0 Å². The van der Waals surface area contributed by atoms with Crippen molar-refractivity contribution in [3.05, 3.63) is 152 Å². The highest BCUT2D eigenvalue weighted by Gasteiger charge is 2.26. The average Bonchev–Trinajstić information content (AvgIpc) is 2.98. The molecule has 0 heterocycles. The Bertz CT molecular complexity index is 1520. The monoisotopic (exact) mass is 485 g/mol. The maximum absolute atomic E-state index is 4.23. The van der Waals surface area contributed by atoms with E-state index in [1.54, 1.807) is 0 Å². The molecule has 173 valence electrons. The lowest BCUT2D eigenvalue weighted by molar-refractivity contribution is 1.54. The predicted octanol–water partition coefficient (Wildman–Crippen LogP) is 8.82. The van der Waals surface area contributed by atoms with Crippen LogP contribution < -0.4 is 5.19 Å². The molecule has 0 atom stereocenters. The molecule has 0 fully saturated rings. The van der Waals surface area contributed by atoms with E-state index in [-0.39, 0.29) is 0 Å². The first-order valence-electron chi connectivity index (χ1n) is 12.6. The molecule has 0 unspecified atom stereocenters. The first kappa shape index (κ1) is 23.0. The minimum Gasteiger partial charge on any atom is -0.0622 e. The Morgan fingerprint density at radius 1 is 0.243 bits per heavy atom. The van der Waals surface area contributed by atoms with Crippen molar-refractivity contribution >= 4 is 15.4 Å². The van der Waals surface area contributed by atoms with E-state index in [0.29, 0.717) is 0 Å². The van der Waals surface area contributed by atoms with Gasteiger partial charge >= 0.3 is 0 Å². The van der Waals surface area contributed by atoms with Gasteiger partial charge in [-0.25, -0.2) is 0 Å². The molecule has 0 nitrogen and oxygen atoms in total. The fourth-order valence-electron chi connectivity index (χ4n) is 5.22. The van der Waals surface area contributed by atoms with Crippen LogP contribution in [0.3, 0.4) is 0 Å². The smallest absolute Gasteiger partial charge is 0.0622 e. The van der Waals surface area contributed by atoms with E-state index in [4.69, 9.17) is 0 Å². The van der Waals surface area contributed by atoms with Crippen LogP contribution >= 0.6 is 0 Å². The Morgan fingerprint density at radius 3 is 0.676 bits per heavy atom. The summed E-state index contributed by atoms with van der Waals surface area (Å²) in [6.07, 6.45) is 0. The van der Waals surface area contributed by atoms with Crippen molar-refractivity contribution in [3.8, 4) is 55.6 Å². The van der Waals surface area contributed by atoms with Gasteiger partial charge in [0.15, 0.2) is 0 Å². The van der Waals surface area contributed by atoms with Crippen LogP contribution in [-0.2, 0) is 0 Å². The van der Waals surface area contributed by atoms with Crippen LogP contribution in [0.5, 0.6) is 0 Å². The number of benzene rings is 6. The van der Waals surface area contributed by atoms with Crippen molar-refractivity contribution < 1.29 is 0 Å². The minimum atomic E-state index is 1.09. The molecule has 37 heavy (non-hydrogen) atoms. The normalized spacial score (nSPS) is 10.8. The van der Waals surface area contributed by atoms with Crippen molar-refractivity contribution in [2.24, 2.45) is 0 Å². The summed E-state index contributed by atoms with van der Waals surface area (Å²) in [5.74, 6) is 0. The third-order valence-corrected chi connectivity index (χ3v) is 7.31. The second-order valence-corrected chi connectivity index (χ2v) is 9.58. The summed E-state index contributed by atoms with van der Waals surface area (Å²) in [7, 11) is 4.23. The zero-order valence-electron chi connectivity index (χ0n) is 20.4. The molecule has 0 aliphatic heterocycles. The van der Waals surface area contributed by atoms with Crippen LogP contribution in [-0.4, -0.2) is 10.2 Å². The van der Waals surface area contributed by atoms with Crippen LogP contribution in [0, 0.1) is 0 Å². The van der Waals surface area contributed by atoms with Crippen molar-refractivity contribution in [1.29, 1.82) is 0 Å². The van der Waals surface area contributed by atoms with Gasteiger partial charge in [0.1, 0.15) is 0 Å². The van der Waals surface area contributed by atoms with Crippen molar-refractivity contribution in [2.75, 3.05) is 0 Å². The second kappa shape index (κ2) is 10.3. The van der Waals surface area contributed by atoms with Crippen molar-refractivity contribution in [1.82, 2.24) is 0 Å². The van der Waals surface area contributed by atoms with Crippen LogP contribution in [0.25, 0.3) is 55.6 Å². The van der Waals surface area contributed by atoms with Gasteiger partial charge in [0.05, 0.1) is 10.2 Å². The molecule has 1 heteroatoms. The fourth-order valence-corrected chi connectivity index (χ4v) is 5.76. The Labute approximate surface area is 222 Å². The van der Waals surface area contributed by atoms with E-state index < -0.39 is 0 Å². The third-order valence-electron chi connectivity index (χ3n) is 6.81. The molecule has 6 aromatic carbocycles. The molecule has 0 aliphatic carbocycles. The highest BCUT2D eigenvalue weighted by atomic mass is 28.1. The molecule has 0 amide bonds. The molecular formula is C36H25Si. The molecule has 6 rings (SSSR count). The van der Waals surface area contributed by atoms with Gasteiger partial charge in [0.2, 0.25) is 0 Å². The lowest BCUT2D eigenvalue weighted by Gasteiger charge is -2.27. The molecular weight excluding hydrogens is 460 g/mol. The summed E-state index contributed by atoms with van der Waals surface area (Å²) in [5, 5.41) is 1.09. The standard InChI is InChI=1S/C36H25Si/c37-36-34(29-22-12-4-13-23-29)32(27-18-8-2-9-19-27)31(26-16-6-1-7-17-26)33(28-20-10-3-11-21-28)35(36)30-24-14-5-15-25-30/h1-25H. The quantitative estimate of drug-likeness (QED) is 0.214. The van der Waals surface area contributed by atoms with E-state index in [1.807, 2.05) is 0 Å². The number of hydrogen-bond acceptors (Lipinski definition) is 0. The van der Waals surface area contributed by atoms with E-state index in [9.17, 15) is 0 Å². The second-order valence-electron chi connectivity index (χ2n) is 9.08. The highest BCUT2D eigenvalue weighted by molar-refractivity contribution is 6.42. The lowest BCUT2D eigenvalue weighted by atomic mass is 9.78. The summed E-state index contributed by atoms with van der Waals surface area (Å²) in [6, 6.07) is 53.8. The molecule has 0 spiro atoms. The topological polar surface area (TPSA) is 0 Å². The molecule has 0 bridgehead atoms. The van der Waals surface area contributed by atoms with E-state index in [0.717, 1.165) is 5.19 Å². The van der Waals surface area contributed by atoms with Gasteiger partial charge in [-0.3, -0.25) is 0 Å². The Kier molecular flexibility index (Phi) is 6.37. The van der Waals surface area contributed by atoms with Gasteiger partial charge in [0, 0.05) is 0 Å². The minimum absolute atomic E-state index is 1.09. The lowest BCUT2D eigenvalue weighted by Crippen LogP contribution is -2.16.